The topological polar surface area (TPSA) is 54.5 Å². The second-order valence-electron chi connectivity index (χ2n) is 8.13. The minimum absolute atomic E-state index is 0.0246. The lowest BCUT2D eigenvalue weighted by atomic mass is 10.0. The van der Waals surface area contributed by atoms with Gasteiger partial charge in [0.1, 0.15) is 11.9 Å². The van der Waals surface area contributed by atoms with Crippen molar-refractivity contribution in [3.05, 3.63) is 113 Å². The van der Waals surface area contributed by atoms with E-state index < -0.39 is 0 Å². The summed E-state index contributed by atoms with van der Waals surface area (Å²) in [5.41, 5.74) is 5.53. The fourth-order valence-corrected chi connectivity index (χ4v) is 4.96. The minimum atomic E-state index is -0.352. The van der Waals surface area contributed by atoms with Crippen LogP contribution in [-0.2, 0) is 5.75 Å². The van der Waals surface area contributed by atoms with E-state index in [1.807, 2.05) is 90.7 Å². The molecular formula is C28H25N3O2S. The predicted octanol–water partition coefficient (Wildman–Crippen LogP) is 6.46. The molecule has 4 aromatic rings. The molecule has 5 rings (SSSR count). The number of fused-ring (bicyclic) bond motifs is 1. The van der Waals surface area contributed by atoms with Gasteiger partial charge in [0.05, 0.1) is 17.7 Å². The molecule has 5 nitrogen and oxygen atoms in total. The fraction of sp³-hybridized carbons (Fsp3) is 0.143. The molecule has 170 valence electrons. The van der Waals surface area contributed by atoms with Gasteiger partial charge in [0.15, 0.2) is 0 Å². The first-order chi connectivity index (χ1) is 16.6. The Balaban J connectivity index is 1.54. The molecule has 1 aliphatic heterocycles. The Kier molecular flexibility index (Phi) is 6.23. The number of hydrogen-bond donors (Lipinski definition) is 1. The summed E-state index contributed by atoms with van der Waals surface area (Å²) < 4.78 is 5.64. The number of carbonyl (C=O) groups is 1. The number of pyridine rings is 1. The third kappa shape index (κ3) is 4.37. The van der Waals surface area contributed by atoms with E-state index in [0.29, 0.717) is 11.3 Å². The van der Waals surface area contributed by atoms with E-state index in [4.69, 9.17) is 4.74 Å². The first kappa shape index (κ1) is 22.0. The van der Waals surface area contributed by atoms with Crippen molar-refractivity contribution in [1.82, 2.24) is 4.98 Å². The summed E-state index contributed by atoms with van der Waals surface area (Å²) in [5, 5.41) is 4.55. The molecule has 0 fully saturated rings. The Morgan fingerprint density at radius 1 is 1.00 bits per heavy atom. The van der Waals surface area contributed by atoms with E-state index in [9.17, 15) is 4.79 Å². The van der Waals surface area contributed by atoms with Gasteiger partial charge in [0.2, 0.25) is 0 Å². The van der Waals surface area contributed by atoms with Crippen molar-refractivity contribution in [2.75, 3.05) is 17.3 Å². The third-order valence-corrected chi connectivity index (χ3v) is 6.86. The first-order valence-electron chi connectivity index (χ1n) is 11.1. The van der Waals surface area contributed by atoms with Crippen LogP contribution in [0.4, 0.5) is 11.4 Å². The second-order valence-corrected chi connectivity index (χ2v) is 9.13. The summed E-state index contributed by atoms with van der Waals surface area (Å²) in [7, 11) is 1.68. The zero-order valence-electron chi connectivity index (χ0n) is 19.1. The maximum atomic E-state index is 13.7. The molecule has 6 heteroatoms. The number of carbonyl (C=O) groups excluding carboxylic acids is 1. The number of nitrogens with one attached hydrogen (secondary N) is 1. The Morgan fingerprint density at radius 3 is 2.56 bits per heavy atom. The van der Waals surface area contributed by atoms with Crippen LogP contribution in [0.2, 0.25) is 0 Å². The van der Waals surface area contributed by atoms with Gasteiger partial charge < -0.3 is 10.1 Å². The number of para-hydroxylation sites is 1. The van der Waals surface area contributed by atoms with Gasteiger partial charge in [-0.3, -0.25) is 9.69 Å². The van der Waals surface area contributed by atoms with Crippen molar-refractivity contribution < 1.29 is 9.53 Å². The van der Waals surface area contributed by atoms with Crippen LogP contribution in [0.25, 0.3) is 0 Å². The van der Waals surface area contributed by atoms with Crippen molar-refractivity contribution in [1.29, 1.82) is 0 Å². The number of ether oxygens (including phenoxy) is 1. The minimum Gasteiger partial charge on any atom is -0.496 e. The van der Waals surface area contributed by atoms with Gasteiger partial charge in [-0.25, -0.2) is 4.98 Å². The Hall–Kier alpha value is -3.77. The Bertz CT molecular complexity index is 1310. The van der Waals surface area contributed by atoms with Crippen LogP contribution < -0.4 is 15.0 Å². The summed E-state index contributed by atoms with van der Waals surface area (Å²) in [6.45, 7) is 2.04. The summed E-state index contributed by atoms with van der Waals surface area (Å²) in [4.78, 5) is 19.9. The van der Waals surface area contributed by atoms with Gasteiger partial charge >= 0.3 is 0 Å². The lowest BCUT2D eigenvalue weighted by Crippen LogP contribution is -2.43. The number of aromatic nitrogens is 1. The van der Waals surface area contributed by atoms with Crippen molar-refractivity contribution in [2.24, 2.45) is 0 Å². The van der Waals surface area contributed by atoms with Gasteiger partial charge in [0, 0.05) is 28.9 Å². The Morgan fingerprint density at radius 2 is 1.79 bits per heavy atom. The van der Waals surface area contributed by atoms with Gasteiger partial charge in [-0.05, 0) is 61.0 Å². The number of methoxy groups -OCH3 is 1. The highest BCUT2D eigenvalue weighted by Crippen LogP contribution is 2.38. The average Bonchev–Trinajstić information content (AvgIpc) is 2.88. The van der Waals surface area contributed by atoms with E-state index in [1.165, 1.54) is 0 Å². The largest absolute Gasteiger partial charge is 0.496 e. The molecule has 1 N–H and O–H groups in total. The van der Waals surface area contributed by atoms with Crippen molar-refractivity contribution in [2.45, 2.75) is 23.9 Å². The molecule has 0 saturated heterocycles. The summed E-state index contributed by atoms with van der Waals surface area (Å²) in [6, 6.07) is 27.7. The van der Waals surface area contributed by atoms with Gasteiger partial charge in [-0.2, -0.15) is 0 Å². The monoisotopic (exact) mass is 467 g/mol. The molecule has 0 aliphatic carbocycles. The fourth-order valence-electron chi connectivity index (χ4n) is 4.12. The van der Waals surface area contributed by atoms with E-state index in [-0.39, 0.29) is 12.1 Å². The van der Waals surface area contributed by atoms with Gasteiger partial charge in [0.25, 0.3) is 5.91 Å². The van der Waals surface area contributed by atoms with Gasteiger partial charge in [-0.1, -0.05) is 42.0 Å². The molecule has 1 atom stereocenters. The van der Waals surface area contributed by atoms with Crippen LogP contribution in [0.1, 0.15) is 33.2 Å². The van der Waals surface area contributed by atoms with Crippen LogP contribution in [0.3, 0.4) is 0 Å². The predicted molar refractivity (Wildman–Crippen MR) is 138 cm³/mol. The van der Waals surface area contributed by atoms with Crippen LogP contribution in [0.15, 0.2) is 96.2 Å². The number of amides is 1. The van der Waals surface area contributed by atoms with E-state index in [2.05, 4.69) is 16.4 Å². The molecule has 0 unspecified atom stereocenters. The summed E-state index contributed by atoms with van der Waals surface area (Å²) in [6.07, 6.45) is 1.44. The second kappa shape index (κ2) is 9.61. The first-order valence-corrected chi connectivity index (χ1v) is 12.1. The molecule has 34 heavy (non-hydrogen) atoms. The average molecular weight is 468 g/mol. The van der Waals surface area contributed by atoms with Crippen molar-refractivity contribution in [3.8, 4) is 5.75 Å². The quantitative estimate of drug-likeness (QED) is 0.330. The van der Waals surface area contributed by atoms with Crippen LogP contribution in [0, 0.1) is 6.92 Å². The number of rotatable bonds is 6. The molecule has 1 aromatic heterocycles. The highest BCUT2D eigenvalue weighted by molar-refractivity contribution is 7.98. The molecule has 0 bridgehead atoms. The molecular weight excluding hydrogens is 442 g/mol. The lowest BCUT2D eigenvalue weighted by molar-refractivity contribution is 0.0975. The number of nitrogens with zero attached hydrogens (tertiary/aromatic N) is 2. The summed E-state index contributed by atoms with van der Waals surface area (Å²) in [5.74, 6) is 1.50. The Labute approximate surface area is 203 Å². The molecule has 0 spiro atoms. The van der Waals surface area contributed by atoms with Gasteiger partial charge in [-0.15, -0.1) is 11.8 Å². The maximum absolute atomic E-state index is 13.7. The third-order valence-electron chi connectivity index (χ3n) is 5.87. The number of aryl methyl sites for hydroxylation is 1. The molecule has 0 radical (unpaired) electrons. The highest BCUT2D eigenvalue weighted by atomic mass is 32.2. The molecule has 0 saturated carbocycles. The molecule has 2 heterocycles. The maximum Gasteiger partial charge on any atom is 0.262 e. The number of thioether (sulfide) groups is 1. The van der Waals surface area contributed by atoms with E-state index >= 15 is 0 Å². The van der Waals surface area contributed by atoms with Crippen molar-refractivity contribution >= 4 is 29.0 Å². The molecule has 3 aromatic carbocycles. The standard InChI is InChI=1S/C28H25N3O2S/c1-19-10-13-22(14-11-19)31-27(30-24-8-4-3-7-23(24)28(31)32)20-12-15-25(33-2)21(17-20)18-34-26-9-5-6-16-29-26/h3-17,27,30H,18H2,1-2H3/t27-/m1/s1. The highest BCUT2D eigenvalue weighted by Gasteiger charge is 2.34. The number of benzene rings is 3. The van der Waals surface area contributed by atoms with Crippen molar-refractivity contribution in [3.63, 3.8) is 0 Å². The molecule has 1 amide bonds. The van der Waals surface area contributed by atoms with Crippen LogP contribution in [0.5, 0.6) is 5.75 Å². The summed E-state index contributed by atoms with van der Waals surface area (Å²) >= 11 is 1.65. The normalized spacial score (nSPS) is 14.9. The smallest absolute Gasteiger partial charge is 0.262 e. The molecule has 1 aliphatic rings. The van der Waals surface area contributed by atoms with E-state index in [1.54, 1.807) is 25.1 Å². The van der Waals surface area contributed by atoms with Crippen LogP contribution in [-0.4, -0.2) is 18.0 Å². The number of hydrogen-bond acceptors (Lipinski definition) is 5. The van der Waals surface area contributed by atoms with Crippen LogP contribution >= 0.6 is 11.8 Å². The zero-order valence-corrected chi connectivity index (χ0v) is 19.9. The number of anilines is 2. The lowest BCUT2D eigenvalue weighted by Gasteiger charge is -2.38. The zero-order chi connectivity index (χ0) is 23.5. The SMILES string of the molecule is COc1ccc([C@@H]2Nc3ccccc3C(=O)N2c2ccc(C)cc2)cc1CSc1ccccn1. The van der Waals surface area contributed by atoms with E-state index in [0.717, 1.165) is 38.8 Å².